The molecule has 0 aliphatic heterocycles. The van der Waals surface area contributed by atoms with E-state index in [-0.39, 0.29) is 11.9 Å². The quantitative estimate of drug-likeness (QED) is 0.325. The summed E-state index contributed by atoms with van der Waals surface area (Å²) in [5.41, 5.74) is 1.21. The summed E-state index contributed by atoms with van der Waals surface area (Å²) >= 11 is 1.27. The first kappa shape index (κ1) is 24.8. The number of quaternary nitrogens is 1. The number of benzene rings is 1. The van der Waals surface area contributed by atoms with E-state index < -0.39 is 5.97 Å². The van der Waals surface area contributed by atoms with Crippen LogP contribution in [-0.2, 0) is 11.2 Å². The number of unbranched alkanes of at least 4 members (excludes halogenated alkanes) is 9. The van der Waals surface area contributed by atoms with Crippen molar-refractivity contribution in [3.63, 3.8) is 0 Å². The molecule has 0 saturated heterocycles. The molecular weight excluding hydrogens is 346 g/mol. The molecule has 0 aromatic heterocycles. The number of carboxylic acid groups (broad SMARTS) is 1. The molecule has 1 aromatic rings. The molecular formula is C21H37NO3S. The molecule has 0 bridgehead atoms. The Morgan fingerprint density at radius 2 is 1.58 bits per heavy atom. The Bertz CT molecular complexity index is 494. The molecule has 0 aliphatic rings. The minimum atomic E-state index is -1.04. The largest absolute Gasteiger partial charge is 0.549 e. The van der Waals surface area contributed by atoms with E-state index in [0.29, 0.717) is 0 Å². The standard InChI is InChI=1S/C21H34O3S.H3N/c1-3-4-5-6-7-8-9-10-11-12-13-18-14-15-19(16-20(18)24-2)25-17-21(22)23;/h14-16H,3-13,17H2,1-2H3,(H,22,23);1H3. The third kappa shape index (κ3) is 11.4. The number of thioether (sulfide) groups is 1. The van der Waals surface area contributed by atoms with E-state index in [9.17, 15) is 9.90 Å². The molecule has 0 aliphatic carbocycles. The van der Waals surface area contributed by atoms with Gasteiger partial charge < -0.3 is 20.8 Å². The van der Waals surface area contributed by atoms with Gasteiger partial charge in [0.1, 0.15) is 5.75 Å². The molecule has 150 valence electrons. The number of hydrogen-bond donors (Lipinski definition) is 1. The maximum atomic E-state index is 10.5. The van der Waals surface area contributed by atoms with Gasteiger partial charge in [0, 0.05) is 10.6 Å². The van der Waals surface area contributed by atoms with Crippen molar-refractivity contribution in [3.8, 4) is 5.75 Å². The van der Waals surface area contributed by atoms with Crippen molar-refractivity contribution >= 4 is 17.7 Å². The molecule has 26 heavy (non-hydrogen) atoms. The lowest BCUT2D eigenvalue weighted by Gasteiger charge is -2.11. The van der Waals surface area contributed by atoms with Crippen molar-refractivity contribution in [2.45, 2.75) is 82.4 Å². The summed E-state index contributed by atoms with van der Waals surface area (Å²) in [6.07, 6.45) is 14.4. The van der Waals surface area contributed by atoms with E-state index in [4.69, 9.17) is 4.74 Å². The van der Waals surface area contributed by atoms with Gasteiger partial charge in [-0.05, 0) is 30.5 Å². The smallest absolute Gasteiger partial charge is 0.123 e. The van der Waals surface area contributed by atoms with Crippen LogP contribution in [0.3, 0.4) is 0 Å². The molecule has 0 spiro atoms. The fourth-order valence-electron chi connectivity index (χ4n) is 2.97. The van der Waals surface area contributed by atoms with Gasteiger partial charge in [-0.3, -0.25) is 0 Å². The maximum Gasteiger partial charge on any atom is 0.123 e. The number of carboxylic acids is 1. The summed E-state index contributed by atoms with van der Waals surface area (Å²) in [4.78, 5) is 11.5. The van der Waals surface area contributed by atoms with E-state index in [0.717, 1.165) is 17.1 Å². The lowest BCUT2D eigenvalue weighted by Crippen LogP contribution is -2.24. The molecule has 0 amide bonds. The van der Waals surface area contributed by atoms with Gasteiger partial charge in [-0.15, -0.1) is 11.8 Å². The van der Waals surface area contributed by atoms with Crippen molar-refractivity contribution in [1.82, 2.24) is 6.15 Å². The molecule has 0 radical (unpaired) electrons. The zero-order chi connectivity index (χ0) is 18.3. The highest BCUT2D eigenvalue weighted by atomic mass is 32.2. The second kappa shape index (κ2) is 16.0. The number of aryl methyl sites for hydroxylation is 1. The van der Waals surface area contributed by atoms with Crippen LogP contribution in [0.25, 0.3) is 0 Å². The molecule has 5 heteroatoms. The zero-order valence-corrected chi connectivity index (χ0v) is 17.7. The Balaban J connectivity index is 0.00000625. The zero-order valence-electron chi connectivity index (χ0n) is 16.9. The first-order chi connectivity index (χ1) is 12.2. The predicted octanol–water partition coefficient (Wildman–Crippen LogP) is 5.38. The summed E-state index contributed by atoms with van der Waals surface area (Å²) in [5, 5.41) is 10.5. The van der Waals surface area contributed by atoms with Gasteiger partial charge in [-0.25, -0.2) is 0 Å². The van der Waals surface area contributed by atoms with Crippen LogP contribution in [0, 0.1) is 0 Å². The minimum absolute atomic E-state index is 0. The molecule has 4 nitrogen and oxygen atoms in total. The normalized spacial score (nSPS) is 10.4. The average molecular weight is 384 g/mol. The van der Waals surface area contributed by atoms with E-state index in [1.807, 2.05) is 12.1 Å². The minimum Gasteiger partial charge on any atom is -0.549 e. The van der Waals surface area contributed by atoms with Gasteiger partial charge in [-0.1, -0.05) is 70.8 Å². The van der Waals surface area contributed by atoms with Gasteiger partial charge in [0.25, 0.3) is 0 Å². The summed E-state index contributed by atoms with van der Waals surface area (Å²) < 4.78 is 5.46. The molecule has 0 atom stereocenters. The molecule has 0 fully saturated rings. The van der Waals surface area contributed by atoms with Crippen molar-refractivity contribution in [1.29, 1.82) is 0 Å². The van der Waals surface area contributed by atoms with Crippen LogP contribution < -0.4 is 16.0 Å². The number of ether oxygens (including phenoxy) is 1. The summed E-state index contributed by atoms with van der Waals surface area (Å²) in [5.74, 6) is -0.210. The molecule has 0 unspecified atom stereocenters. The van der Waals surface area contributed by atoms with Gasteiger partial charge in [0.2, 0.25) is 0 Å². The van der Waals surface area contributed by atoms with Crippen LogP contribution in [0.15, 0.2) is 23.1 Å². The lowest BCUT2D eigenvalue weighted by molar-refractivity contribution is -0.301. The van der Waals surface area contributed by atoms with Crippen LogP contribution in [-0.4, -0.2) is 18.8 Å². The van der Waals surface area contributed by atoms with Gasteiger partial charge in [0.15, 0.2) is 0 Å². The fraction of sp³-hybridized carbons (Fsp3) is 0.667. The molecule has 1 rings (SSSR count). The number of hydrogen-bond acceptors (Lipinski definition) is 4. The van der Waals surface area contributed by atoms with E-state index in [1.165, 1.54) is 81.5 Å². The van der Waals surface area contributed by atoms with Crippen LogP contribution in [0.1, 0.15) is 76.7 Å². The summed E-state index contributed by atoms with van der Waals surface area (Å²) in [6.45, 7) is 2.26. The fourth-order valence-corrected chi connectivity index (χ4v) is 3.61. The molecule has 1 aromatic carbocycles. The summed E-state index contributed by atoms with van der Waals surface area (Å²) in [7, 11) is 1.67. The molecule has 0 heterocycles. The maximum absolute atomic E-state index is 10.5. The number of methoxy groups -OCH3 is 1. The first-order valence-corrected chi connectivity index (χ1v) is 10.7. The first-order valence-electron chi connectivity index (χ1n) is 9.67. The number of aliphatic carboxylic acids is 1. The number of carbonyl (C=O) groups is 1. The predicted molar refractivity (Wildman–Crippen MR) is 110 cm³/mol. The van der Waals surface area contributed by atoms with Crippen LogP contribution in [0.5, 0.6) is 5.75 Å². The van der Waals surface area contributed by atoms with E-state index in [2.05, 4.69) is 13.0 Å². The van der Waals surface area contributed by atoms with Gasteiger partial charge in [0.05, 0.1) is 13.1 Å². The van der Waals surface area contributed by atoms with Gasteiger partial charge in [-0.2, -0.15) is 0 Å². The van der Waals surface area contributed by atoms with Crippen molar-refractivity contribution in [3.05, 3.63) is 23.8 Å². The Labute approximate surface area is 163 Å². The Kier molecular flexibility index (Phi) is 15.3. The Morgan fingerprint density at radius 1 is 1.00 bits per heavy atom. The number of rotatable bonds is 15. The topological polar surface area (TPSA) is 85.9 Å². The monoisotopic (exact) mass is 383 g/mol. The highest BCUT2D eigenvalue weighted by Crippen LogP contribution is 2.28. The Morgan fingerprint density at radius 3 is 2.12 bits per heavy atom. The third-order valence-corrected chi connectivity index (χ3v) is 5.38. The van der Waals surface area contributed by atoms with Crippen molar-refractivity contribution in [2.75, 3.05) is 12.9 Å². The summed E-state index contributed by atoms with van der Waals surface area (Å²) in [6, 6.07) is 5.96. The van der Waals surface area contributed by atoms with Crippen molar-refractivity contribution < 1.29 is 14.6 Å². The number of carbonyl (C=O) groups excluding carboxylic acids is 1. The molecule has 0 saturated carbocycles. The van der Waals surface area contributed by atoms with Gasteiger partial charge >= 0.3 is 0 Å². The third-order valence-electron chi connectivity index (χ3n) is 4.41. The Hall–Kier alpha value is -1.20. The highest BCUT2D eigenvalue weighted by Gasteiger charge is 2.05. The van der Waals surface area contributed by atoms with Crippen molar-refractivity contribution in [2.24, 2.45) is 0 Å². The highest BCUT2D eigenvalue weighted by molar-refractivity contribution is 8.00. The van der Waals surface area contributed by atoms with Crippen LogP contribution in [0.4, 0.5) is 0 Å². The van der Waals surface area contributed by atoms with E-state index in [1.54, 1.807) is 7.11 Å². The SMILES string of the molecule is CCCCCCCCCCCCc1ccc(SCC(=O)[O-])cc1OC.[NH4+]. The second-order valence-corrected chi connectivity index (χ2v) is 7.62. The van der Waals surface area contributed by atoms with Crippen LogP contribution >= 0.6 is 11.8 Å². The molecule has 4 N–H and O–H groups in total. The lowest BCUT2D eigenvalue weighted by atomic mass is 10.0. The van der Waals surface area contributed by atoms with E-state index >= 15 is 0 Å². The second-order valence-electron chi connectivity index (χ2n) is 6.57. The van der Waals surface area contributed by atoms with Crippen LogP contribution in [0.2, 0.25) is 0 Å². The average Bonchev–Trinajstić information content (AvgIpc) is 2.62.